The van der Waals surface area contributed by atoms with Gasteiger partial charge in [-0.3, -0.25) is 9.59 Å². The van der Waals surface area contributed by atoms with Crippen molar-refractivity contribution in [2.45, 2.75) is 45.6 Å². The molecule has 0 saturated carbocycles. The van der Waals surface area contributed by atoms with E-state index in [4.69, 9.17) is 4.74 Å². The van der Waals surface area contributed by atoms with Crippen LogP contribution in [0.5, 0.6) is 5.75 Å². The number of likely N-dealkylation sites (tertiary alicyclic amines) is 1. The van der Waals surface area contributed by atoms with Crippen LogP contribution in [0.4, 0.5) is 0 Å². The molecule has 5 nitrogen and oxygen atoms in total. The molecule has 0 aliphatic carbocycles. The van der Waals surface area contributed by atoms with Crippen molar-refractivity contribution < 1.29 is 19.4 Å². The molecule has 1 saturated heterocycles. The van der Waals surface area contributed by atoms with Crippen LogP contribution in [0.25, 0.3) is 5.76 Å². The van der Waals surface area contributed by atoms with Gasteiger partial charge >= 0.3 is 0 Å². The molecule has 2 aromatic rings. The summed E-state index contributed by atoms with van der Waals surface area (Å²) in [4.78, 5) is 27.5. The first-order valence-corrected chi connectivity index (χ1v) is 10.5. The van der Waals surface area contributed by atoms with Crippen LogP contribution in [-0.4, -0.2) is 35.4 Å². The van der Waals surface area contributed by atoms with Gasteiger partial charge in [0, 0.05) is 6.54 Å². The predicted molar refractivity (Wildman–Crippen MR) is 117 cm³/mol. The molecule has 1 aliphatic rings. The quantitative estimate of drug-likeness (QED) is 0.293. The molecule has 1 heterocycles. The number of ether oxygens (including phenoxy) is 1. The molecule has 5 heteroatoms. The maximum absolute atomic E-state index is 13.0. The molecule has 0 radical (unpaired) electrons. The van der Waals surface area contributed by atoms with Gasteiger partial charge in [-0.15, -0.1) is 0 Å². The number of rotatable bonds is 8. The molecule has 1 amide bonds. The summed E-state index contributed by atoms with van der Waals surface area (Å²) in [7, 11) is 1.51. The molecule has 1 unspecified atom stereocenters. The Morgan fingerprint density at radius 1 is 1.03 bits per heavy atom. The molecular formula is C25H29NO4. The fourth-order valence-corrected chi connectivity index (χ4v) is 3.91. The fourth-order valence-electron chi connectivity index (χ4n) is 3.91. The molecule has 158 valence electrons. The number of carbonyl (C=O) groups is 2. The molecule has 1 fully saturated rings. The molecule has 0 spiro atoms. The topological polar surface area (TPSA) is 66.8 Å². The SMILES string of the molecule is CCCCCN1C(=O)C(=O)/C(=C(\O)c2ccccc2OC)C1c1ccc(CC)cc1. The van der Waals surface area contributed by atoms with E-state index in [1.165, 1.54) is 12.7 Å². The lowest BCUT2D eigenvalue weighted by Crippen LogP contribution is -2.30. The molecule has 1 aliphatic heterocycles. The van der Waals surface area contributed by atoms with Crippen LogP contribution >= 0.6 is 0 Å². The van der Waals surface area contributed by atoms with Gasteiger partial charge in [-0.05, 0) is 36.1 Å². The number of methoxy groups -OCH3 is 1. The fraction of sp³-hybridized carbons (Fsp3) is 0.360. The van der Waals surface area contributed by atoms with Crippen LogP contribution in [0.15, 0.2) is 54.1 Å². The largest absolute Gasteiger partial charge is 0.507 e. The number of ketones is 1. The Morgan fingerprint density at radius 3 is 2.37 bits per heavy atom. The number of benzene rings is 2. The second-order valence-corrected chi connectivity index (χ2v) is 7.50. The summed E-state index contributed by atoms with van der Waals surface area (Å²) in [6.07, 6.45) is 3.69. The molecule has 0 bridgehead atoms. The Balaban J connectivity index is 2.14. The van der Waals surface area contributed by atoms with Crippen molar-refractivity contribution in [3.63, 3.8) is 0 Å². The molecule has 0 aromatic heterocycles. The zero-order chi connectivity index (χ0) is 21.7. The highest BCUT2D eigenvalue weighted by Crippen LogP contribution is 2.41. The molecule has 3 rings (SSSR count). The maximum Gasteiger partial charge on any atom is 0.295 e. The minimum Gasteiger partial charge on any atom is -0.507 e. The number of nitrogens with zero attached hydrogens (tertiary/aromatic N) is 1. The molecular weight excluding hydrogens is 378 g/mol. The first-order chi connectivity index (χ1) is 14.5. The summed E-state index contributed by atoms with van der Waals surface area (Å²) in [6, 6.07) is 14.2. The van der Waals surface area contributed by atoms with E-state index in [2.05, 4.69) is 13.8 Å². The number of hydrogen-bond donors (Lipinski definition) is 1. The van der Waals surface area contributed by atoms with Crippen LogP contribution in [-0.2, 0) is 16.0 Å². The normalized spacial score (nSPS) is 18.1. The van der Waals surface area contributed by atoms with Gasteiger partial charge in [0.25, 0.3) is 11.7 Å². The third kappa shape index (κ3) is 4.11. The van der Waals surface area contributed by atoms with Crippen LogP contribution in [0.2, 0.25) is 0 Å². The minimum absolute atomic E-state index is 0.116. The number of aryl methyl sites for hydroxylation is 1. The number of aliphatic hydroxyl groups excluding tert-OH is 1. The number of para-hydroxylation sites is 1. The van der Waals surface area contributed by atoms with Crippen molar-refractivity contribution in [2.75, 3.05) is 13.7 Å². The first-order valence-electron chi connectivity index (χ1n) is 10.5. The monoisotopic (exact) mass is 407 g/mol. The van der Waals surface area contributed by atoms with E-state index in [0.717, 1.165) is 31.2 Å². The lowest BCUT2D eigenvalue weighted by Gasteiger charge is -2.25. The van der Waals surface area contributed by atoms with Crippen LogP contribution in [0.1, 0.15) is 55.8 Å². The van der Waals surface area contributed by atoms with Crippen LogP contribution < -0.4 is 4.74 Å². The Labute approximate surface area is 178 Å². The van der Waals surface area contributed by atoms with Gasteiger partial charge in [0.05, 0.1) is 24.3 Å². The van der Waals surface area contributed by atoms with Crippen molar-refractivity contribution in [3.8, 4) is 5.75 Å². The molecule has 1 atom stereocenters. The third-order valence-electron chi connectivity index (χ3n) is 5.61. The average Bonchev–Trinajstić information content (AvgIpc) is 3.03. The molecule has 30 heavy (non-hydrogen) atoms. The van der Waals surface area contributed by atoms with Crippen molar-refractivity contribution in [2.24, 2.45) is 0 Å². The van der Waals surface area contributed by atoms with Gasteiger partial charge in [0.1, 0.15) is 11.5 Å². The summed E-state index contributed by atoms with van der Waals surface area (Å²) in [5.41, 5.74) is 2.51. The van der Waals surface area contributed by atoms with E-state index >= 15 is 0 Å². The van der Waals surface area contributed by atoms with E-state index in [-0.39, 0.29) is 11.3 Å². The lowest BCUT2D eigenvalue weighted by atomic mass is 9.94. The highest BCUT2D eigenvalue weighted by atomic mass is 16.5. The van der Waals surface area contributed by atoms with E-state index in [0.29, 0.717) is 17.9 Å². The molecule has 1 N–H and O–H groups in total. The zero-order valence-electron chi connectivity index (χ0n) is 17.9. The molecule has 2 aromatic carbocycles. The van der Waals surface area contributed by atoms with Crippen molar-refractivity contribution in [1.29, 1.82) is 0 Å². The summed E-state index contributed by atoms with van der Waals surface area (Å²) in [5.74, 6) is -0.966. The summed E-state index contributed by atoms with van der Waals surface area (Å²) in [6.45, 7) is 4.64. The number of amides is 1. The number of carbonyl (C=O) groups excluding carboxylic acids is 2. The van der Waals surface area contributed by atoms with Crippen molar-refractivity contribution >= 4 is 17.4 Å². The van der Waals surface area contributed by atoms with E-state index in [9.17, 15) is 14.7 Å². The second kappa shape index (κ2) is 9.61. The highest BCUT2D eigenvalue weighted by Gasteiger charge is 2.45. The van der Waals surface area contributed by atoms with E-state index in [1.54, 1.807) is 29.2 Å². The lowest BCUT2D eigenvalue weighted by molar-refractivity contribution is -0.139. The summed E-state index contributed by atoms with van der Waals surface area (Å²) in [5, 5.41) is 11.1. The standard InChI is InChI=1S/C25H29NO4/c1-4-6-9-16-26-22(18-14-12-17(5-2)13-15-18)21(24(28)25(26)29)23(27)19-10-7-8-11-20(19)30-3/h7-8,10-15,22,27H,4-6,9,16H2,1-3H3/b23-21-. The van der Waals surface area contributed by atoms with Gasteiger partial charge in [0.2, 0.25) is 0 Å². The maximum atomic E-state index is 13.0. The van der Waals surface area contributed by atoms with Crippen LogP contribution in [0.3, 0.4) is 0 Å². The van der Waals surface area contributed by atoms with Gasteiger partial charge in [0.15, 0.2) is 0 Å². The third-order valence-corrected chi connectivity index (χ3v) is 5.61. The number of aliphatic hydroxyl groups is 1. The van der Waals surface area contributed by atoms with Crippen molar-refractivity contribution in [3.05, 3.63) is 70.8 Å². The summed E-state index contributed by atoms with van der Waals surface area (Å²) >= 11 is 0. The number of hydrogen-bond acceptors (Lipinski definition) is 4. The highest BCUT2D eigenvalue weighted by molar-refractivity contribution is 6.46. The van der Waals surface area contributed by atoms with Gasteiger partial charge in [-0.1, -0.05) is 63.1 Å². The second-order valence-electron chi connectivity index (χ2n) is 7.50. The Bertz CT molecular complexity index is 946. The van der Waals surface area contributed by atoms with E-state index in [1.807, 2.05) is 24.3 Å². The minimum atomic E-state index is -0.653. The Morgan fingerprint density at radius 2 is 1.73 bits per heavy atom. The smallest absolute Gasteiger partial charge is 0.295 e. The van der Waals surface area contributed by atoms with Gasteiger partial charge < -0.3 is 14.7 Å². The average molecular weight is 408 g/mol. The number of Topliss-reactive ketones (excluding diaryl/α,β-unsaturated/α-hetero) is 1. The predicted octanol–water partition coefficient (Wildman–Crippen LogP) is 4.87. The van der Waals surface area contributed by atoms with E-state index < -0.39 is 17.7 Å². The van der Waals surface area contributed by atoms with Gasteiger partial charge in [-0.2, -0.15) is 0 Å². The van der Waals surface area contributed by atoms with Gasteiger partial charge in [-0.25, -0.2) is 0 Å². The Hall–Kier alpha value is -3.08. The number of unbranched alkanes of at least 4 members (excludes halogenated alkanes) is 2. The Kier molecular flexibility index (Phi) is 6.93. The van der Waals surface area contributed by atoms with Crippen LogP contribution in [0, 0.1) is 0 Å². The first kappa shape index (κ1) is 21.6. The van der Waals surface area contributed by atoms with Crippen molar-refractivity contribution in [1.82, 2.24) is 4.90 Å². The summed E-state index contributed by atoms with van der Waals surface area (Å²) < 4.78 is 5.36. The zero-order valence-corrected chi connectivity index (χ0v) is 17.9.